The minimum absolute atomic E-state index is 0.380. The lowest BCUT2D eigenvalue weighted by Gasteiger charge is -2.32. The Hall–Kier alpha value is -2.39. The van der Waals surface area contributed by atoms with Crippen molar-refractivity contribution in [2.75, 3.05) is 5.75 Å². The number of carbonyl (C=O) groups excluding carboxylic acids is 1. The first-order chi connectivity index (χ1) is 12.4. The third-order valence-electron chi connectivity index (χ3n) is 3.88. The van der Waals surface area contributed by atoms with Crippen molar-refractivity contribution in [2.45, 2.75) is 24.6 Å². The van der Waals surface area contributed by atoms with Gasteiger partial charge >= 0.3 is 12.1 Å². The summed E-state index contributed by atoms with van der Waals surface area (Å²) in [6, 6.07) is 16.0. The summed E-state index contributed by atoms with van der Waals surface area (Å²) >= 11 is 0. The fraction of sp³-hybridized carbons (Fsp3) is 0.278. The normalized spacial score (nSPS) is 14.6. The molecular formula is C18H17F3O5S. The zero-order valence-electron chi connectivity index (χ0n) is 14.2. The molecular weight excluding hydrogens is 385 g/mol. The Kier molecular flexibility index (Phi) is 5.96. The van der Waals surface area contributed by atoms with Crippen molar-refractivity contribution in [2.24, 2.45) is 0 Å². The van der Waals surface area contributed by atoms with Gasteiger partial charge in [0.25, 0.3) is 10.1 Å². The van der Waals surface area contributed by atoms with Crippen LogP contribution in [0.25, 0.3) is 0 Å². The van der Waals surface area contributed by atoms with E-state index in [0.29, 0.717) is 18.1 Å². The van der Waals surface area contributed by atoms with E-state index in [-0.39, 0.29) is 0 Å². The van der Waals surface area contributed by atoms with E-state index >= 15 is 0 Å². The van der Waals surface area contributed by atoms with Crippen LogP contribution in [0, 0.1) is 0 Å². The second-order valence-corrected chi connectivity index (χ2v) is 7.58. The van der Waals surface area contributed by atoms with Gasteiger partial charge < -0.3 is 4.74 Å². The maximum Gasteiger partial charge on any atom is 0.429 e. The number of hydrogen-bond donors (Lipinski definition) is 1. The fourth-order valence-electron chi connectivity index (χ4n) is 2.55. The van der Waals surface area contributed by atoms with Crippen molar-refractivity contribution in [1.29, 1.82) is 0 Å². The lowest BCUT2D eigenvalue weighted by Crippen LogP contribution is -2.52. The smallest absolute Gasteiger partial charge is 0.429 e. The third-order valence-corrected chi connectivity index (χ3v) is 4.80. The van der Waals surface area contributed by atoms with Gasteiger partial charge in [-0.3, -0.25) is 9.35 Å². The number of benzene rings is 2. The molecule has 0 saturated carbocycles. The fourth-order valence-corrected chi connectivity index (χ4v) is 3.47. The minimum Gasteiger partial charge on any atom is -0.448 e. The number of ether oxygens (including phenoxy) is 1. The lowest BCUT2D eigenvalue weighted by molar-refractivity contribution is -0.256. The zero-order chi connectivity index (χ0) is 20.3. The standard InChI is InChI=1S/C18H17F3O5S/c1-17(18(19,20)21,12-27(23,24)25)26-16(22)15(13-8-4-2-5-9-13)14-10-6-3-7-11-14/h2-11,15H,12H2,1H3,(H,23,24,25). The first kappa shape index (κ1) is 20.9. The van der Waals surface area contributed by atoms with Crippen molar-refractivity contribution >= 4 is 16.1 Å². The van der Waals surface area contributed by atoms with Crippen molar-refractivity contribution in [3.8, 4) is 0 Å². The van der Waals surface area contributed by atoms with Gasteiger partial charge in [-0.1, -0.05) is 60.7 Å². The highest BCUT2D eigenvalue weighted by Gasteiger charge is 2.57. The summed E-state index contributed by atoms with van der Waals surface area (Å²) < 4.78 is 75.9. The Morgan fingerprint density at radius 2 is 1.41 bits per heavy atom. The summed E-state index contributed by atoms with van der Waals surface area (Å²) in [4.78, 5) is 12.7. The van der Waals surface area contributed by atoms with Crippen LogP contribution in [0.15, 0.2) is 60.7 Å². The average Bonchev–Trinajstić information content (AvgIpc) is 2.54. The van der Waals surface area contributed by atoms with Crippen LogP contribution < -0.4 is 0 Å². The van der Waals surface area contributed by atoms with Crippen molar-refractivity contribution in [3.05, 3.63) is 71.8 Å². The SMILES string of the molecule is CC(CS(=O)(=O)O)(OC(=O)C(c1ccccc1)c1ccccc1)C(F)(F)F. The monoisotopic (exact) mass is 402 g/mol. The zero-order valence-corrected chi connectivity index (χ0v) is 15.0. The molecule has 9 heteroatoms. The molecule has 0 bridgehead atoms. The van der Waals surface area contributed by atoms with E-state index in [0.717, 1.165) is 0 Å². The van der Waals surface area contributed by atoms with Crippen LogP contribution in [0.2, 0.25) is 0 Å². The molecule has 27 heavy (non-hydrogen) atoms. The number of alkyl halides is 3. The topological polar surface area (TPSA) is 80.7 Å². The molecule has 0 aliphatic carbocycles. The van der Waals surface area contributed by atoms with Gasteiger partial charge in [0.1, 0.15) is 11.7 Å². The molecule has 5 nitrogen and oxygen atoms in total. The molecule has 1 N–H and O–H groups in total. The maximum absolute atomic E-state index is 13.4. The number of hydrogen-bond acceptors (Lipinski definition) is 4. The van der Waals surface area contributed by atoms with Crippen LogP contribution in [0.5, 0.6) is 0 Å². The predicted octanol–water partition coefficient (Wildman–Crippen LogP) is 3.57. The molecule has 0 spiro atoms. The highest BCUT2D eigenvalue weighted by molar-refractivity contribution is 7.85. The van der Waals surface area contributed by atoms with E-state index in [1.54, 1.807) is 60.7 Å². The van der Waals surface area contributed by atoms with E-state index in [4.69, 9.17) is 4.55 Å². The van der Waals surface area contributed by atoms with Crippen LogP contribution in [0.3, 0.4) is 0 Å². The minimum atomic E-state index is -5.21. The molecule has 2 rings (SSSR count). The van der Waals surface area contributed by atoms with Gasteiger partial charge in [0.15, 0.2) is 0 Å². The van der Waals surface area contributed by atoms with Gasteiger partial charge in [-0.2, -0.15) is 21.6 Å². The molecule has 0 radical (unpaired) electrons. The van der Waals surface area contributed by atoms with Gasteiger partial charge in [-0.05, 0) is 18.1 Å². The molecule has 0 fully saturated rings. The molecule has 0 aromatic heterocycles. The van der Waals surface area contributed by atoms with E-state index < -0.39 is 39.5 Å². The summed E-state index contributed by atoms with van der Waals surface area (Å²) in [6.45, 7) is 0.408. The van der Waals surface area contributed by atoms with Crippen molar-refractivity contribution in [1.82, 2.24) is 0 Å². The molecule has 2 aromatic carbocycles. The Morgan fingerprint density at radius 1 is 1.00 bits per heavy atom. The summed E-state index contributed by atoms with van der Waals surface area (Å²) in [5, 5.41) is 0. The van der Waals surface area contributed by atoms with Crippen molar-refractivity contribution < 1.29 is 35.7 Å². The number of carbonyl (C=O) groups is 1. The van der Waals surface area contributed by atoms with Crippen LogP contribution in [-0.4, -0.2) is 36.5 Å². The number of rotatable bonds is 6. The molecule has 0 aliphatic rings. The Balaban J connectivity index is 2.46. The number of halogens is 3. The van der Waals surface area contributed by atoms with E-state index in [2.05, 4.69) is 4.74 Å². The Labute approximate surface area is 154 Å². The van der Waals surface area contributed by atoms with Crippen LogP contribution in [0.4, 0.5) is 13.2 Å². The summed E-state index contributed by atoms with van der Waals surface area (Å²) in [6.07, 6.45) is -5.21. The van der Waals surface area contributed by atoms with Gasteiger partial charge in [0.2, 0.25) is 5.60 Å². The average molecular weight is 402 g/mol. The third kappa shape index (κ3) is 5.30. The molecule has 1 unspecified atom stereocenters. The van der Waals surface area contributed by atoms with E-state index in [1.807, 2.05) is 0 Å². The Bertz CT molecular complexity index is 843. The second kappa shape index (κ2) is 7.69. The summed E-state index contributed by atoms with van der Waals surface area (Å²) in [5.74, 6) is -4.28. The molecule has 146 valence electrons. The lowest BCUT2D eigenvalue weighted by atomic mass is 9.91. The van der Waals surface area contributed by atoms with Crippen LogP contribution in [-0.2, 0) is 19.6 Å². The molecule has 2 aromatic rings. The molecule has 0 aliphatic heterocycles. The molecule has 0 saturated heterocycles. The van der Waals surface area contributed by atoms with E-state index in [9.17, 15) is 26.4 Å². The molecule has 0 heterocycles. The van der Waals surface area contributed by atoms with Gasteiger partial charge in [0, 0.05) is 0 Å². The first-order valence-corrected chi connectivity index (χ1v) is 9.38. The molecule has 1 atom stereocenters. The second-order valence-electron chi connectivity index (χ2n) is 6.13. The summed E-state index contributed by atoms with van der Waals surface area (Å²) in [7, 11) is -5.06. The van der Waals surface area contributed by atoms with Gasteiger partial charge in [-0.15, -0.1) is 0 Å². The van der Waals surface area contributed by atoms with Gasteiger partial charge in [-0.25, -0.2) is 0 Å². The van der Waals surface area contributed by atoms with Crippen LogP contribution in [0.1, 0.15) is 24.0 Å². The van der Waals surface area contributed by atoms with Crippen LogP contribution >= 0.6 is 0 Å². The molecule has 0 amide bonds. The summed E-state index contributed by atoms with van der Waals surface area (Å²) in [5.41, 5.74) is -2.64. The first-order valence-electron chi connectivity index (χ1n) is 7.77. The number of esters is 1. The maximum atomic E-state index is 13.4. The quantitative estimate of drug-likeness (QED) is 0.590. The Morgan fingerprint density at radius 3 is 1.74 bits per heavy atom. The highest BCUT2D eigenvalue weighted by atomic mass is 32.2. The van der Waals surface area contributed by atoms with E-state index in [1.165, 1.54) is 0 Å². The largest absolute Gasteiger partial charge is 0.448 e. The highest BCUT2D eigenvalue weighted by Crippen LogP contribution is 2.37. The van der Waals surface area contributed by atoms with Gasteiger partial charge in [0.05, 0.1) is 0 Å². The predicted molar refractivity (Wildman–Crippen MR) is 91.7 cm³/mol. The van der Waals surface area contributed by atoms with Crippen molar-refractivity contribution in [3.63, 3.8) is 0 Å².